The largest absolute Gasteiger partial charge is 0.490 e. The lowest BCUT2D eigenvalue weighted by Gasteiger charge is -2.08. The first-order valence-electron chi connectivity index (χ1n) is 5.83. The molecular formula is C14H16N2O2. The van der Waals surface area contributed by atoms with Crippen LogP contribution in [-0.2, 0) is 0 Å². The van der Waals surface area contributed by atoms with Gasteiger partial charge in [0.1, 0.15) is 30.5 Å². The summed E-state index contributed by atoms with van der Waals surface area (Å²) in [6.07, 6.45) is 1.71. The topological polar surface area (TPSA) is 43.4 Å². The number of hydrogen-bond donors (Lipinski definition) is 1. The minimum absolute atomic E-state index is 0.502. The summed E-state index contributed by atoms with van der Waals surface area (Å²) in [6, 6.07) is 13.4. The average molecular weight is 244 g/mol. The van der Waals surface area contributed by atoms with Crippen molar-refractivity contribution in [2.45, 2.75) is 0 Å². The standard InChI is InChI=1S/C14H16N2O2/c1-15-14-11-13(7-8-16-14)18-10-9-17-12-5-3-2-4-6-12/h2-8,11H,9-10H2,1H3,(H,15,16). The van der Waals surface area contributed by atoms with Gasteiger partial charge in [0.15, 0.2) is 0 Å². The van der Waals surface area contributed by atoms with E-state index in [4.69, 9.17) is 9.47 Å². The Morgan fingerprint density at radius 2 is 1.72 bits per heavy atom. The molecule has 4 heteroatoms. The first kappa shape index (κ1) is 12.2. The smallest absolute Gasteiger partial charge is 0.129 e. The molecule has 0 bridgehead atoms. The Labute approximate surface area is 107 Å². The lowest BCUT2D eigenvalue weighted by molar-refractivity contribution is 0.217. The lowest BCUT2D eigenvalue weighted by Crippen LogP contribution is -2.09. The van der Waals surface area contributed by atoms with Crippen LogP contribution in [0.25, 0.3) is 0 Å². The van der Waals surface area contributed by atoms with Gasteiger partial charge in [-0.05, 0) is 18.2 Å². The molecule has 18 heavy (non-hydrogen) atoms. The van der Waals surface area contributed by atoms with Gasteiger partial charge in [-0.25, -0.2) is 4.98 Å². The summed E-state index contributed by atoms with van der Waals surface area (Å²) < 4.78 is 11.1. The molecule has 94 valence electrons. The fourth-order valence-corrected chi connectivity index (χ4v) is 1.47. The van der Waals surface area contributed by atoms with Crippen molar-refractivity contribution in [1.82, 2.24) is 4.98 Å². The first-order chi connectivity index (χ1) is 8.88. The highest BCUT2D eigenvalue weighted by Gasteiger charge is 1.97. The maximum absolute atomic E-state index is 5.57. The van der Waals surface area contributed by atoms with Crippen molar-refractivity contribution in [3.63, 3.8) is 0 Å². The zero-order chi connectivity index (χ0) is 12.6. The number of anilines is 1. The number of rotatable bonds is 6. The molecule has 0 radical (unpaired) electrons. The Hall–Kier alpha value is -2.23. The summed E-state index contributed by atoms with van der Waals surface area (Å²) >= 11 is 0. The Balaban J connectivity index is 1.75. The highest BCUT2D eigenvalue weighted by molar-refractivity contribution is 5.39. The van der Waals surface area contributed by atoms with Crippen LogP contribution in [0.15, 0.2) is 48.7 Å². The molecule has 0 aliphatic carbocycles. The van der Waals surface area contributed by atoms with E-state index in [1.54, 1.807) is 6.20 Å². The van der Waals surface area contributed by atoms with Gasteiger partial charge in [0, 0.05) is 19.3 Å². The lowest BCUT2D eigenvalue weighted by atomic mass is 10.3. The van der Waals surface area contributed by atoms with Crippen LogP contribution in [0.5, 0.6) is 11.5 Å². The zero-order valence-electron chi connectivity index (χ0n) is 10.3. The highest BCUT2D eigenvalue weighted by Crippen LogP contribution is 2.14. The minimum Gasteiger partial charge on any atom is -0.490 e. The molecule has 1 aromatic heterocycles. The number of benzene rings is 1. The van der Waals surface area contributed by atoms with Crippen LogP contribution in [-0.4, -0.2) is 25.2 Å². The van der Waals surface area contributed by atoms with E-state index in [1.165, 1.54) is 0 Å². The molecule has 0 aliphatic heterocycles. The maximum Gasteiger partial charge on any atom is 0.129 e. The zero-order valence-corrected chi connectivity index (χ0v) is 10.3. The quantitative estimate of drug-likeness (QED) is 0.793. The van der Waals surface area contributed by atoms with E-state index in [2.05, 4.69) is 10.3 Å². The molecule has 1 heterocycles. The highest BCUT2D eigenvalue weighted by atomic mass is 16.5. The molecule has 4 nitrogen and oxygen atoms in total. The van der Waals surface area contributed by atoms with Crippen molar-refractivity contribution in [2.75, 3.05) is 25.6 Å². The van der Waals surface area contributed by atoms with Crippen molar-refractivity contribution in [3.05, 3.63) is 48.7 Å². The van der Waals surface area contributed by atoms with Gasteiger partial charge in [0.25, 0.3) is 0 Å². The Bertz CT molecular complexity index is 474. The van der Waals surface area contributed by atoms with Crippen LogP contribution < -0.4 is 14.8 Å². The van der Waals surface area contributed by atoms with E-state index in [-0.39, 0.29) is 0 Å². The van der Waals surface area contributed by atoms with Gasteiger partial charge < -0.3 is 14.8 Å². The number of para-hydroxylation sites is 1. The fourth-order valence-electron chi connectivity index (χ4n) is 1.47. The molecule has 0 amide bonds. The predicted molar refractivity (Wildman–Crippen MR) is 71.2 cm³/mol. The molecule has 1 N–H and O–H groups in total. The molecule has 0 spiro atoms. The van der Waals surface area contributed by atoms with E-state index in [0.717, 1.165) is 17.3 Å². The van der Waals surface area contributed by atoms with Crippen molar-refractivity contribution >= 4 is 5.82 Å². The minimum atomic E-state index is 0.502. The monoisotopic (exact) mass is 244 g/mol. The van der Waals surface area contributed by atoms with Crippen molar-refractivity contribution in [2.24, 2.45) is 0 Å². The summed E-state index contributed by atoms with van der Waals surface area (Å²) in [5.41, 5.74) is 0. The van der Waals surface area contributed by atoms with Gasteiger partial charge >= 0.3 is 0 Å². The molecule has 0 saturated carbocycles. The molecule has 2 aromatic rings. The molecular weight excluding hydrogens is 228 g/mol. The molecule has 2 rings (SSSR count). The van der Waals surface area contributed by atoms with Crippen LogP contribution in [0.1, 0.15) is 0 Å². The molecule has 1 aromatic carbocycles. The van der Waals surface area contributed by atoms with E-state index < -0.39 is 0 Å². The number of hydrogen-bond acceptors (Lipinski definition) is 4. The Morgan fingerprint density at radius 1 is 1.00 bits per heavy atom. The average Bonchev–Trinajstić information content (AvgIpc) is 2.45. The normalized spacial score (nSPS) is 9.83. The van der Waals surface area contributed by atoms with Crippen molar-refractivity contribution < 1.29 is 9.47 Å². The van der Waals surface area contributed by atoms with Crippen LogP contribution in [0.2, 0.25) is 0 Å². The molecule has 0 saturated heterocycles. The van der Waals surface area contributed by atoms with Crippen LogP contribution in [0.3, 0.4) is 0 Å². The summed E-state index contributed by atoms with van der Waals surface area (Å²) in [7, 11) is 1.82. The van der Waals surface area contributed by atoms with Gasteiger partial charge in [-0.15, -0.1) is 0 Å². The van der Waals surface area contributed by atoms with Crippen molar-refractivity contribution in [3.8, 4) is 11.5 Å². The van der Waals surface area contributed by atoms with Gasteiger partial charge in [-0.2, -0.15) is 0 Å². The van der Waals surface area contributed by atoms with Crippen LogP contribution in [0.4, 0.5) is 5.82 Å². The number of nitrogens with one attached hydrogen (secondary N) is 1. The number of nitrogens with zero attached hydrogens (tertiary/aromatic N) is 1. The van der Waals surface area contributed by atoms with Crippen LogP contribution in [0, 0.1) is 0 Å². The molecule has 0 aliphatic rings. The van der Waals surface area contributed by atoms with Crippen molar-refractivity contribution in [1.29, 1.82) is 0 Å². The van der Waals surface area contributed by atoms with Gasteiger partial charge in [-0.3, -0.25) is 0 Å². The number of ether oxygens (including phenoxy) is 2. The second kappa shape index (κ2) is 6.49. The number of aromatic nitrogens is 1. The summed E-state index contributed by atoms with van der Waals surface area (Å²) in [6.45, 7) is 1.02. The second-order valence-corrected chi connectivity index (χ2v) is 3.64. The SMILES string of the molecule is CNc1cc(OCCOc2ccccc2)ccn1. The molecule has 0 atom stereocenters. The van der Waals surface area contributed by atoms with Gasteiger partial charge in [0.05, 0.1) is 0 Å². The maximum atomic E-state index is 5.57. The first-order valence-corrected chi connectivity index (χ1v) is 5.83. The Kier molecular flexibility index (Phi) is 4.41. The second-order valence-electron chi connectivity index (χ2n) is 3.64. The third-order valence-electron chi connectivity index (χ3n) is 2.35. The fraction of sp³-hybridized carbons (Fsp3) is 0.214. The third kappa shape index (κ3) is 3.66. The predicted octanol–water partition coefficient (Wildman–Crippen LogP) is 2.58. The molecule has 0 fully saturated rings. The number of pyridine rings is 1. The third-order valence-corrected chi connectivity index (χ3v) is 2.35. The van der Waals surface area contributed by atoms with Gasteiger partial charge in [-0.1, -0.05) is 18.2 Å². The molecule has 0 unspecified atom stereocenters. The Morgan fingerprint density at radius 3 is 2.44 bits per heavy atom. The van der Waals surface area contributed by atoms with Gasteiger partial charge in [0.2, 0.25) is 0 Å². The summed E-state index contributed by atoms with van der Waals surface area (Å²) in [4.78, 5) is 4.11. The van der Waals surface area contributed by atoms with E-state index >= 15 is 0 Å². The summed E-state index contributed by atoms with van der Waals surface area (Å²) in [5, 5.41) is 2.96. The summed E-state index contributed by atoms with van der Waals surface area (Å²) in [5.74, 6) is 2.43. The van der Waals surface area contributed by atoms with E-state index in [1.807, 2.05) is 49.5 Å². The van der Waals surface area contributed by atoms with E-state index in [0.29, 0.717) is 13.2 Å². The van der Waals surface area contributed by atoms with E-state index in [9.17, 15) is 0 Å². The van der Waals surface area contributed by atoms with Crippen LogP contribution >= 0.6 is 0 Å².